The van der Waals surface area contributed by atoms with Crippen molar-refractivity contribution in [1.82, 2.24) is 15.5 Å². The number of amides is 1. The van der Waals surface area contributed by atoms with E-state index < -0.39 is 0 Å². The van der Waals surface area contributed by atoms with Crippen LogP contribution in [0.1, 0.15) is 63.9 Å². The van der Waals surface area contributed by atoms with Crippen molar-refractivity contribution in [3.63, 3.8) is 0 Å². The van der Waals surface area contributed by atoms with Crippen molar-refractivity contribution in [2.24, 2.45) is 0 Å². The zero-order chi connectivity index (χ0) is 19.6. The molecule has 0 radical (unpaired) electrons. The molecule has 0 unspecified atom stereocenters. The summed E-state index contributed by atoms with van der Waals surface area (Å²) in [6, 6.07) is 11.7. The third-order valence-corrected chi connectivity index (χ3v) is 5.79. The average Bonchev–Trinajstić information content (AvgIpc) is 3.52. The molecule has 1 aliphatic carbocycles. The Labute approximate surface area is 170 Å². The highest BCUT2D eigenvalue weighted by molar-refractivity contribution is 5.78. The molecule has 2 N–H and O–H groups in total. The molecule has 1 aromatic carbocycles. The van der Waals surface area contributed by atoms with Crippen LogP contribution in [-0.4, -0.2) is 49.1 Å². The number of hydrogen-bond donors (Lipinski definition) is 2. The smallest absolute Gasteiger partial charge is 0.234 e. The largest absolute Gasteiger partial charge is 0.352 e. The zero-order valence-corrected chi connectivity index (χ0v) is 17.5. The fourth-order valence-electron chi connectivity index (χ4n) is 3.87. The number of carbonyl (C=O) groups is 1. The Morgan fingerprint density at radius 2 is 1.82 bits per heavy atom. The first-order chi connectivity index (χ1) is 13.7. The van der Waals surface area contributed by atoms with E-state index in [0.717, 1.165) is 45.3 Å². The second-order valence-corrected chi connectivity index (χ2v) is 8.44. The van der Waals surface area contributed by atoms with Gasteiger partial charge in [-0.1, -0.05) is 61.7 Å². The summed E-state index contributed by atoms with van der Waals surface area (Å²) in [5, 5.41) is 6.89. The molecular weight excluding hydrogens is 346 g/mol. The van der Waals surface area contributed by atoms with Crippen molar-refractivity contribution in [1.29, 1.82) is 0 Å². The Balaban J connectivity index is 1.41. The molecule has 0 spiro atoms. The second-order valence-electron chi connectivity index (χ2n) is 8.44. The molecule has 4 nitrogen and oxygen atoms in total. The summed E-state index contributed by atoms with van der Waals surface area (Å²) in [4.78, 5) is 14.3. The van der Waals surface area contributed by atoms with Gasteiger partial charge in [0.15, 0.2) is 0 Å². The van der Waals surface area contributed by atoms with Gasteiger partial charge in [-0.25, -0.2) is 0 Å². The molecular formula is C24H37N3O. The van der Waals surface area contributed by atoms with Crippen LogP contribution in [-0.2, 0) is 4.79 Å². The van der Waals surface area contributed by atoms with Crippen molar-refractivity contribution < 1.29 is 4.79 Å². The maximum atomic E-state index is 12.0. The van der Waals surface area contributed by atoms with Crippen molar-refractivity contribution in [2.45, 2.75) is 70.4 Å². The van der Waals surface area contributed by atoms with Gasteiger partial charge >= 0.3 is 0 Å². The first-order valence-electron chi connectivity index (χ1n) is 11.2. The number of hydrogen-bond acceptors (Lipinski definition) is 3. The van der Waals surface area contributed by atoms with E-state index in [9.17, 15) is 4.79 Å². The van der Waals surface area contributed by atoms with Gasteiger partial charge in [-0.15, -0.1) is 0 Å². The monoisotopic (exact) mass is 383 g/mol. The van der Waals surface area contributed by atoms with E-state index in [-0.39, 0.29) is 5.91 Å². The molecule has 1 amide bonds. The molecule has 1 saturated carbocycles. The first-order valence-corrected chi connectivity index (χ1v) is 11.2. The van der Waals surface area contributed by atoms with Crippen LogP contribution in [0.3, 0.4) is 0 Å². The number of carbonyl (C=O) groups excluding carboxylic acids is 1. The summed E-state index contributed by atoms with van der Waals surface area (Å²) in [5.74, 6) is 0.206. The van der Waals surface area contributed by atoms with E-state index in [4.69, 9.17) is 0 Å². The summed E-state index contributed by atoms with van der Waals surface area (Å²) < 4.78 is 0. The Morgan fingerprint density at radius 3 is 2.50 bits per heavy atom. The van der Waals surface area contributed by atoms with Crippen molar-refractivity contribution >= 4 is 12.0 Å². The lowest BCUT2D eigenvalue weighted by Gasteiger charge is -2.32. The van der Waals surface area contributed by atoms with Gasteiger partial charge in [0.1, 0.15) is 0 Å². The number of rotatable bonds is 11. The number of benzene rings is 1. The predicted molar refractivity (Wildman–Crippen MR) is 117 cm³/mol. The lowest BCUT2D eigenvalue weighted by atomic mass is 10.0. The van der Waals surface area contributed by atoms with Crippen molar-refractivity contribution in [3.05, 3.63) is 41.5 Å². The van der Waals surface area contributed by atoms with Gasteiger partial charge in [-0.05, 0) is 44.1 Å². The van der Waals surface area contributed by atoms with Crippen LogP contribution in [0.2, 0.25) is 0 Å². The quantitative estimate of drug-likeness (QED) is 0.568. The third-order valence-electron chi connectivity index (χ3n) is 5.79. The van der Waals surface area contributed by atoms with E-state index in [1.54, 1.807) is 0 Å². The van der Waals surface area contributed by atoms with Gasteiger partial charge in [0, 0.05) is 31.7 Å². The third kappa shape index (κ3) is 7.76. The van der Waals surface area contributed by atoms with E-state index in [0.29, 0.717) is 18.6 Å². The molecule has 0 bridgehead atoms. The Bertz CT molecular complexity index is 616. The highest BCUT2D eigenvalue weighted by Crippen LogP contribution is 2.19. The van der Waals surface area contributed by atoms with Crippen LogP contribution in [0.25, 0.3) is 6.08 Å². The van der Waals surface area contributed by atoms with Gasteiger partial charge in [-0.3, -0.25) is 9.69 Å². The SMILES string of the molecule is CCCCC/C(=C\c1ccccc1)CNC1CCN(CC(=O)NC2CC2)CC1. The van der Waals surface area contributed by atoms with Crippen molar-refractivity contribution in [3.8, 4) is 0 Å². The summed E-state index contributed by atoms with van der Waals surface area (Å²) in [6.07, 6.45) is 12.0. The summed E-state index contributed by atoms with van der Waals surface area (Å²) >= 11 is 0. The topological polar surface area (TPSA) is 44.4 Å². The fourth-order valence-corrected chi connectivity index (χ4v) is 3.87. The number of piperidine rings is 1. The molecule has 1 heterocycles. The van der Waals surface area contributed by atoms with Gasteiger partial charge in [0.25, 0.3) is 0 Å². The number of nitrogens with one attached hydrogen (secondary N) is 2. The summed E-state index contributed by atoms with van der Waals surface area (Å²) in [6.45, 7) is 5.84. The normalized spacial score (nSPS) is 19.0. The van der Waals surface area contributed by atoms with E-state index in [2.05, 4.69) is 58.9 Å². The number of likely N-dealkylation sites (tertiary alicyclic amines) is 1. The minimum atomic E-state index is 0.206. The Hall–Kier alpha value is -1.65. The van der Waals surface area contributed by atoms with Crippen LogP contribution < -0.4 is 10.6 Å². The molecule has 0 atom stereocenters. The Kier molecular flexibility index (Phi) is 8.56. The molecule has 4 heteroatoms. The standard InChI is InChI=1S/C24H37N3O/c1-2-3-5-10-21(17-20-8-6-4-7-9-20)18-25-22-13-15-27(16-14-22)19-24(28)26-23-11-12-23/h4,6-9,17,22-23,25H,2-3,5,10-16,18-19H2,1H3,(H,26,28)/b21-17+. The molecule has 2 fully saturated rings. The molecule has 1 aromatic rings. The zero-order valence-electron chi connectivity index (χ0n) is 17.5. The minimum Gasteiger partial charge on any atom is -0.352 e. The number of nitrogens with zero attached hydrogens (tertiary/aromatic N) is 1. The predicted octanol–water partition coefficient (Wildman–Crippen LogP) is 3.98. The van der Waals surface area contributed by atoms with Gasteiger partial charge < -0.3 is 10.6 Å². The van der Waals surface area contributed by atoms with Crippen LogP contribution in [0.4, 0.5) is 0 Å². The van der Waals surface area contributed by atoms with Crippen LogP contribution >= 0.6 is 0 Å². The van der Waals surface area contributed by atoms with Crippen LogP contribution in [0.5, 0.6) is 0 Å². The van der Waals surface area contributed by atoms with Gasteiger partial charge in [0.05, 0.1) is 6.54 Å². The lowest BCUT2D eigenvalue weighted by molar-refractivity contribution is -0.122. The van der Waals surface area contributed by atoms with E-state index >= 15 is 0 Å². The van der Waals surface area contributed by atoms with Crippen molar-refractivity contribution in [2.75, 3.05) is 26.2 Å². The molecule has 0 aromatic heterocycles. The first kappa shape index (κ1) is 21.1. The average molecular weight is 384 g/mol. The highest BCUT2D eigenvalue weighted by Gasteiger charge is 2.25. The maximum Gasteiger partial charge on any atom is 0.234 e. The fraction of sp³-hybridized carbons (Fsp3) is 0.625. The highest BCUT2D eigenvalue weighted by atomic mass is 16.2. The molecule has 28 heavy (non-hydrogen) atoms. The minimum absolute atomic E-state index is 0.206. The summed E-state index contributed by atoms with van der Waals surface area (Å²) in [7, 11) is 0. The summed E-state index contributed by atoms with van der Waals surface area (Å²) in [5.41, 5.74) is 2.80. The molecule has 3 rings (SSSR count). The van der Waals surface area contributed by atoms with E-state index in [1.807, 2.05) is 0 Å². The lowest BCUT2D eigenvalue weighted by Crippen LogP contribution is -2.46. The maximum absolute atomic E-state index is 12.0. The molecule has 1 aliphatic heterocycles. The number of unbranched alkanes of at least 4 members (excludes halogenated alkanes) is 2. The second kappa shape index (κ2) is 11.4. The molecule has 2 aliphatic rings. The van der Waals surface area contributed by atoms with Gasteiger partial charge in [-0.2, -0.15) is 0 Å². The Morgan fingerprint density at radius 1 is 1.07 bits per heavy atom. The van der Waals surface area contributed by atoms with Crippen LogP contribution in [0.15, 0.2) is 35.9 Å². The van der Waals surface area contributed by atoms with Gasteiger partial charge in [0.2, 0.25) is 5.91 Å². The van der Waals surface area contributed by atoms with Crippen LogP contribution in [0, 0.1) is 0 Å². The molecule has 1 saturated heterocycles. The van der Waals surface area contributed by atoms with E-state index in [1.165, 1.54) is 36.8 Å². The molecule has 154 valence electrons.